The molecule has 0 saturated carbocycles. The first-order valence-corrected chi connectivity index (χ1v) is 11.4. The quantitative estimate of drug-likeness (QED) is 0.259. The minimum atomic E-state index is 0. The highest BCUT2D eigenvalue weighted by Crippen LogP contribution is 2.19. The monoisotopic (exact) mass is 534 g/mol. The standard InChI is InChI=1S/C22H42N6O.HI/c1-6-19(7-2)20(27-11-13-29-14-12-27)15-25-22(23-8-3)26-16-21-24-9-10-28(21)17-18(4)5;/h9-10,18-20H,6-8,11-17H2,1-5H3,(H2,23,25,26);1H. The van der Waals surface area contributed by atoms with Crippen molar-refractivity contribution >= 4 is 29.9 Å². The van der Waals surface area contributed by atoms with E-state index in [9.17, 15) is 0 Å². The highest BCUT2D eigenvalue weighted by Gasteiger charge is 2.27. The van der Waals surface area contributed by atoms with E-state index in [1.54, 1.807) is 0 Å². The van der Waals surface area contributed by atoms with Crippen LogP contribution in [0.2, 0.25) is 0 Å². The molecule has 1 aliphatic heterocycles. The van der Waals surface area contributed by atoms with Gasteiger partial charge in [-0.25, -0.2) is 9.98 Å². The molecule has 0 aromatic carbocycles. The third kappa shape index (κ3) is 8.70. The van der Waals surface area contributed by atoms with E-state index in [1.807, 2.05) is 12.4 Å². The van der Waals surface area contributed by atoms with Gasteiger partial charge in [0.1, 0.15) is 12.4 Å². The van der Waals surface area contributed by atoms with E-state index in [0.29, 0.717) is 24.4 Å². The summed E-state index contributed by atoms with van der Waals surface area (Å²) in [5.74, 6) is 3.15. The summed E-state index contributed by atoms with van der Waals surface area (Å²) in [6.07, 6.45) is 6.31. The van der Waals surface area contributed by atoms with Crippen LogP contribution in [0.15, 0.2) is 17.4 Å². The van der Waals surface area contributed by atoms with Crippen LogP contribution in [-0.2, 0) is 17.8 Å². The van der Waals surface area contributed by atoms with Gasteiger partial charge in [-0.15, -0.1) is 24.0 Å². The first kappa shape index (κ1) is 27.2. The second kappa shape index (κ2) is 15.0. The summed E-state index contributed by atoms with van der Waals surface area (Å²) < 4.78 is 7.78. The minimum absolute atomic E-state index is 0. The van der Waals surface area contributed by atoms with Gasteiger partial charge in [-0.2, -0.15) is 0 Å². The summed E-state index contributed by atoms with van der Waals surface area (Å²) in [6, 6.07) is 0.501. The molecule has 1 fully saturated rings. The lowest BCUT2D eigenvalue weighted by molar-refractivity contribution is 0.00272. The zero-order valence-electron chi connectivity index (χ0n) is 19.6. The molecular weight excluding hydrogens is 491 g/mol. The SMILES string of the molecule is CCNC(=NCc1nccn1CC(C)C)NCC(C(CC)CC)N1CCOCC1.I. The molecule has 2 heterocycles. The van der Waals surface area contributed by atoms with Crippen molar-refractivity contribution in [3.8, 4) is 0 Å². The highest BCUT2D eigenvalue weighted by atomic mass is 127. The first-order chi connectivity index (χ1) is 14.1. The van der Waals surface area contributed by atoms with Gasteiger partial charge in [0.2, 0.25) is 0 Å². The maximum Gasteiger partial charge on any atom is 0.191 e. The van der Waals surface area contributed by atoms with Crippen LogP contribution in [0.4, 0.5) is 0 Å². The largest absolute Gasteiger partial charge is 0.379 e. The fourth-order valence-electron chi connectivity index (χ4n) is 4.08. The number of halogens is 1. The Hall–Kier alpha value is -0.870. The minimum Gasteiger partial charge on any atom is -0.379 e. The molecule has 2 rings (SSSR count). The van der Waals surface area contributed by atoms with Gasteiger partial charge < -0.3 is 19.9 Å². The third-order valence-corrected chi connectivity index (χ3v) is 5.67. The molecule has 8 heteroatoms. The van der Waals surface area contributed by atoms with Gasteiger partial charge >= 0.3 is 0 Å². The molecule has 2 N–H and O–H groups in total. The summed E-state index contributed by atoms with van der Waals surface area (Å²) in [5, 5.41) is 7.01. The Morgan fingerprint density at radius 2 is 1.87 bits per heavy atom. The number of guanidine groups is 1. The number of hydrogen-bond acceptors (Lipinski definition) is 4. The van der Waals surface area contributed by atoms with Crippen LogP contribution in [0.1, 0.15) is 53.3 Å². The molecule has 1 atom stereocenters. The molecule has 1 unspecified atom stereocenters. The van der Waals surface area contributed by atoms with E-state index in [0.717, 1.165) is 57.7 Å². The van der Waals surface area contributed by atoms with Crippen molar-refractivity contribution in [2.45, 2.75) is 66.6 Å². The van der Waals surface area contributed by atoms with Crippen molar-refractivity contribution in [3.63, 3.8) is 0 Å². The van der Waals surface area contributed by atoms with Gasteiger partial charge in [0.05, 0.1) is 13.2 Å². The van der Waals surface area contributed by atoms with Crippen LogP contribution >= 0.6 is 24.0 Å². The molecule has 1 aromatic rings. The third-order valence-electron chi connectivity index (χ3n) is 5.67. The Balaban J connectivity index is 0.00000450. The fourth-order valence-corrected chi connectivity index (χ4v) is 4.08. The van der Waals surface area contributed by atoms with Crippen LogP contribution < -0.4 is 10.6 Å². The van der Waals surface area contributed by atoms with Gasteiger partial charge in [0, 0.05) is 51.2 Å². The molecule has 0 amide bonds. The molecule has 0 radical (unpaired) electrons. The van der Waals surface area contributed by atoms with E-state index >= 15 is 0 Å². The number of nitrogens with one attached hydrogen (secondary N) is 2. The molecule has 1 aromatic heterocycles. The fraction of sp³-hybridized carbons (Fsp3) is 0.818. The topological polar surface area (TPSA) is 66.7 Å². The summed E-state index contributed by atoms with van der Waals surface area (Å²) in [6.45, 7) is 18.2. The van der Waals surface area contributed by atoms with Crippen molar-refractivity contribution in [2.75, 3.05) is 39.4 Å². The Labute approximate surface area is 200 Å². The zero-order chi connectivity index (χ0) is 21.1. The summed E-state index contributed by atoms with van der Waals surface area (Å²) in [5.41, 5.74) is 0. The number of ether oxygens (including phenoxy) is 1. The van der Waals surface area contributed by atoms with Gasteiger partial charge in [-0.1, -0.05) is 40.5 Å². The molecule has 0 aliphatic carbocycles. The first-order valence-electron chi connectivity index (χ1n) is 11.4. The van der Waals surface area contributed by atoms with Gasteiger partial charge in [0.25, 0.3) is 0 Å². The lowest BCUT2D eigenvalue weighted by atomic mass is 9.92. The highest BCUT2D eigenvalue weighted by molar-refractivity contribution is 14.0. The Morgan fingerprint density at radius 1 is 1.17 bits per heavy atom. The average Bonchev–Trinajstić information content (AvgIpc) is 3.16. The number of aromatic nitrogens is 2. The Morgan fingerprint density at radius 3 is 2.47 bits per heavy atom. The average molecular weight is 535 g/mol. The summed E-state index contributed by atoms with van der Waals surface area (Å²) in [4.78, 5) is 11.9. The van der Waals surface area contributed by atoms with E-state index in [2.05, 4.69) is 59.7 Å². The van der Waals surface area contributed by atoms with Crippen molar-refractivity contribution in [2.24, 2.45) is 16.8 Å². The van der Waals surface area contributed by atoms with Gasteiger partial charge in [-0.05, 0) is 18.8 Å². The predicted molar refractivity (Wildman–Crippen MR) is 136 cm³/mol. The number of morpholine rings is 1. The maximum atomic E-state index is 5.57. The normalized spacial score (nSPS) is 16.6. The molecule has 7 nitrogen and oxygen atoms in total. The van der Waals surface area contributed by atoms with Crippen LogP contribution in [0.5, 0.6) is 0 Å². The molecule has 174 valence electrons. The molecule has 0 bridgehead atoms. The molecule has 1 saturated heterocycles. The molecule has 30 heavy (non-hydrogen) atoms. The molecule has 1 aliphatic rings. The summed E-state index contributed by atoms with van der Waals surface area (Å²) in [7, 11) is 0. The van der Waals surface area contributed by atoms with Gasteiger partial charge in [0.15, 0.2) is 5.96 Å². The van der Waals surface area contributed by atoms with E-state index in [1.165, 1.54) is 12.8 Å². The number of hydrogen-bond donors (Lipinski definition) is 2. The number of nitrogens with zero attached hydrogens (tertiary/aromatic N) is 4. The number of imidazole rings is 1. The Bertz CT molecular complexity index is 596. The van der Waals surface area contributed by atoms with Crippen LogP contribution in [0, 0.1) is 11.8 Å². The zero-order valence-corrected chi connectivity index (χ0v) is 21.9. The number of aliphatic imine (C=N–C) groups is 1. The second-order valence-corrected chi connectivity index (χ2v) is 8.26. The van der Waals surface area contributed by atoms with Crippen LogP contribution in [-0.4, -0.2) is 65.8 Å². The number of rotatable bonds is 11. The lowest BCUT2D eigenvalue weighted by Gasteiger charge is -2.39. The smallest absolute Gasteiger partial charge is 0.191 e. The lowest BCUT2D eigenvalue weighted by Crippen LogP contribution is -2.53. The van der Waals surface area contributed by atoms with E-state index < -0.39 is 0 Å². The van der Waals surface area contributed by atoms with Crippen LogP contribution in [0.3, 0.4) is 0 Å². The van der Waals surface area contributed by atoms with Crippen molar-refractivity contribution in [1.29, 1.82) is 0 Å². The van der Waals surface area contributed by atoms with E-state index in [-0.39, 0.29) is 24.0 Å². The van der Waals surface area contributed by atoms with Gasteiger partial charge in [-0.3, -0.25) is 4.90 Å². The van der Waals surface area contributed by atoms with Crippen molar-refractivity contribution in [3.05, 3.63) is 18.2 Å². The summed E-state index contributed by atoms with van der Waals surface area (Å²) >= 11 is 0. The Kier molecular flexibility index (Phi) is 13.6. The maximum absolute atomic E-state index is 5.57. The van der Waals surface area contributed by atoms with Crippen molar-refractivity contribution in [1.82, 2.24) is 25.1 Å². The molecule has 0 spiro atoms. The second-order valence-electron chi connectivity index (χ2n) is 8.26. The van der Waals surface area contributed by atoms with Crippen LogP contribution in [0.25, 0.3) is 0 Å². The van der Waals surface area contributed by atoms with Crippen molar-refractivity contribution < 1.29 is 4.74 Å². The van der Waals surface area contributed by atoms with E-state index in [4.69, 9.17) is 9.73 Å². The molecular formula is C22H43IN6O. The predicted octanol–water partition coefficient (Wildman–Crippen LogP) is 3.35.